The first kappa shape index (κ1) is 18.9. The lowest BCUT2D eigenvalue weighted by atomic mass is 9.78. The van der Waals surface area contributed by atoms with E-state index in [1.54, 1.807) is 42.5 Å². The van der Waals surface area contributed by atoms with E-state index in [0.717, 1.165) is 17.7 Å². The molecule has 2 nitrogen and oxygen atoms in total. The van der Waals surface area contributed by atoms with Crippen LogP contribution in [0.4, 0.5) is 13.2 Å². The van der Waals surface area contributed by atoms with Gasteiger partial charge in [0.15, 0.2) is 0 Å². The molecule has 0 unspecified atom stereocenters. The predicted molar refractivity (Wildman–Crippen MR) is 104 cm³/mol. The Morgan fingerprint density at radius 2 is 1.34 bits per heavy atom. The van der Waals surface area contributed by atoms with Gasteiger partial charge in [0, 0.05) is 16.7 Å². The maximum atomic E-state index is 13.2. The molecule has 0 fully saturated rings. The topological polar surface area (TPSA) is 34.1 Å². The van der Waals surface area contributed by atoms with E-state index in [1.807, 2.05) is 13.0 Å². The molecule has 3 aromatic rings. The third-order valence-electron chi connectivity index (χ3n) is 4.91. The summed E-state index contributed by atoms with van der Waals surface area (Å²) in [7, 11) is 0. The van der Waals surface area contributed by atoms with Crippen molar-refractivity contribution < 1.29 is 22.8 Å². The van der Waals surface area contributed by atoms with E-state index < -0.39 is 23.3 Å². The minimum atomic E-state index is -4.56. The number of carbonyl (C=O) groups is 2. The lowest BCUT2D eigenvalue weighted by molar-refractivity contribution is -0.137. The molecule has 0 aliphatic heterocycles. The molecule has 144 valence electrons. The normalized spacial score (nSPS) is 14.2. The van der Waals surface area contributed by atoms with Crippen molar-refractivity contribution in [3.8, 4) is 0 Å². The number of fused-ring (bicyclic) bond motifs is 1. The van der Waals surface area contributed by atoms with Crippen LogP contribution >= 0.6 is 0 Å². The summed E-state index contributed by atoms with van der Waals surface area (Å²) in [5, 5.41) is 0. The molecule has 0 atom stereocenters. The minimum Gasteiger partial charge on any atom is -0.285 e. The van der Waals surface area contributed by atoms with Gasteiger partial charge in [-0.15, -0.1) is 0 Å². The van der Waals surface area contributed by atoms with E-state index >= 15 is 0 Å². The van der Waals surface area contributed by atoms with E-state index in [9.17, 15) is 22.8 Å². The van der Waals surface area contributed by atoms with Crippen LogP contribution in [0, 0.1) is 6.92 Å². The first-order chi connectivity index (χ1) is 13.8. The Bertz CT molecular complexity index is 1170. The minimum absolute atomic E-state index is 0.0105. The largest absolute Gasteiger partial charge is 0.416 e. The fraction of sp³-hybridized carbons (Fsp3) is 0.0833. The van der Waals surface area contributed by atoms with Crippen LogP contribution in [0.1, 0.15) is 38.2 Å². The predicted octanol–water partition coefficient (Wildman–Crippen LogP) is 5.74. The molecular formula is C24H15F3O2. The zero-order valence-electron chi connectivity index (χ0n) is 15.4. The van der Waals surface area contributed by atoms with Gasteiger partial charge in [0.05, 0.1) is 5.56 Å². The van der Waals surface area contributed by atoms with Gasteiger partial charge in [0.2, 0.25) is 11.6 Å². The Morgan fingerprint density at radius 3 is 2.03 bits per heavy atom. The van der Waals surface area contributed by atoms with Crippen molar-refractivity contribution in [2.45, 2.75) is 13.1 Å². The average molecular weight is 392 g/mol. The molecule has 0 amide bonds. The quantitative estimate of drug-likeness (QED) is 0.521. The third kappa shape index (κ3) is 3.29. The maximum Gasteiger partial charge on any atom is 0.416 e. The molecule has 0 N–H and O–H groups in total. The lowest BCUT2D eigenvalue weighted by Gasteiger charge is -2.23. The number of carbonyl (C=O) groups excluding carboxylic acids is 2. The molecule has 0 spiro atoms. The number of halogens is 3. The van der Waals surface area contributed by atoms with E-state index in [0.29, 0.717) is 16.7 Å². The number of hydrogen-bond donors (Lipinski definition) is 0. The first-order valence-electron chi connectivity index (χ1n) is 8.95. The number of Topliss-reactive ketones (excluding diaryl/α,β-unsaturated/α-hetero) is 2. The van der Waals surface area contributed by atoms with Crippen LogP contribution in [0.3, 0.4) is 0 Å². The Kier molecular flexibility index (Phi) is 4.46. The van der Waals surface area contributed by atoms with E-state index in [1.165, 1.54) is 12.1 Å². The molecule has 4 rings (SSSR count). The molecule has 0 saturated heterocycles. The van der Waals surface area contributed by atoms with E-state index in [-0.39, 0.29) is 16.7 Å². The highest BCUT2D eigenvalue weighted by atomic mass is 19.4. The highest BCUT2D eigenvalue weighted by Crippen LogP contribution is 2.40. The van der Waals surface area contributed by atoms with Crippen LogP contribution in [0.15, 0.2) is 72.8 Å². The summed E-state index contributed by atoms with van der Waals surface area (Å²) in [4.78, 5) is 25.9. The zero-order valence-corrected chi connectivity index (χ0v) is 15.4. The van der Waals surface area contributed by atoms with Gasteiger partial charge in [-0.25, -0.2) is 0 Å². The summed E-state index contributed by atoms with van der Waals surface area (Å²) in [5.41, 5.74) is 1.94. The molecule has 1 aliphatic carbocycles. The summed E-state index contributed by atoms with van der Waals surface area (Å²) in [6.45, 7) is 1.81. The van der Waals surface area contributed by atoms with Gasteiger partial charge in [0.1, 0.15) is 0 Å². The second-order valence-electron chi connectivity index (χ2n) is 6.90. The fourth-order valence-electron chi connectivity index (χ4n) is 3.58. The Hall–Kier alpha value is -3.47. The molecule has 0 saturated carbocycles. The number of aryl methyl sites for hydroxylation is 1. The van der Waals surface area contributed by atoms with Gasteiger partial charge in [-0.1, -0.05) is 60.2 Å². The summed E-state index contributed by atoms with van der Waals surface area (Å²) in [6.07, 6.45) is -4.56. The number of rotatable bonds is 2. The molecule has 0 radical (unpaired) electrons. The van der Waals surface area contributed by atoms with Crippen molar-refractivity contribution in [1.82, 2.24) is 0 Å². The third-order valence-corrected chi connectivity index (χ3v) is 4.91. The lowest BCUT2D eigenvalue weighted by Crippen LogP contribution is -2.24. The van der Waals surface area contributed by atoms with Gasteiger partial charge in [-0.3, -0.25) is 9.59 Å². The second kappa shape index (κ2) is 6.85. The maximum absolute atomic E-state index is 13.2. The van der Waals surface area contributed by atoms with Gasteiger partial charge >= 0.3 is 6.18 Å². The Balaban J connectivity index is 2.08. The monoisotopic (exact) mass is 392 g/mol. The van der Waals surface area contributed by atoms with Gasteiger partial charge in [0.25, 0.3) is 0 Å². The Labute approximate surface area is 165 Å². The SMILES string of the molecule is Cc1ccc2c(c1)C(=O)C(=O)C(c1cccc(C(F)(F)F)c1)=C2c1ccccc1. The summed E-state index contributed by atoms with van der Waals surface area (Å²) in [6, 6.07) is 18.6. The number of hydrogen-bond acceptors (Lipinski definition) is 2. The van der Waals surface area contributed by atoms with Crippen LogP contribution in [0.5, 0.6) is 0 Å². The molecule has 3 aromatic carbocycles. The summed E-state index contributed by atoms with van der Waals surface area (Å²) >= 11 is 0. The van der Waals surface area contributed by atoms with E-state index in [4.69, 9.17) is 0 Å². The van der Waals surface area contributed by atoms with Crippen molar-refractivity contribution in [1.29, 1.82) is 0 Å². The zero-order chi connectivity index (χ0) is 20.8. The first-order valence-corrected chi connectivity index (χ1v) is 8.95. The van der Waals surface area contributed by atoms with Crippen LogP contribution in [0.2, 0.25) is 0 Å². The van der Waals surface area contributed by atoms with Crippen molar-refractivity contribution in [2.75, 3.05) is 0 Å². The highest BCUT2D eigenvalue weighted by molar-refractivity contribution is 6.63. The van der Waals surface area contributed by atoms with Gasteiger partial charge in [-0.2, -0.15) is 13.2 Å². The van der Waals surface area contributed by atoms with E-state index in [2.05, 4.69) is 0 Å². The molecule has 0 bridgehead atoms. The highest BCUT2D eigenvalue weighted by Gasteiger charge is 2.36. The van der Waals surface area contributed by atoms with Crippen LogP contribution < -0.4 is 0 Å². The Morgan fingerprint density at radius 1 is 0.655 bits per heavy atom. The van der Waals surface area contributed by atoms with Crippen LogP contribution in [0.25, 0.3) is 11.1 Å². The van der Waals surface area contributed by atoms with Gasteiger partial charge in [-0.05, 0) is 41.8 Å². The number of allylic oxidation sites excluding steroid dienone is 1. The van der Waals surface area contributed by atoms with Crippen molar-refractivity contribution in [3.05, 3.63) is 106 Å². The van der Waals surface area contributed by atoms with Gasteiger partial charge < -0.3 is 0 Å². The fourth-order valence-corrected chi connectivity index (χ4v) is 3.58. The smallest absolute Gasteiger partial charge is 0.285 e. The van der Waals surface area contributed by atoms with Crippen molar-refractivity contribution in [2.24, 2.45) is 0 Å². The second-order valence-corrected chi connectivity index (χ2v) is 6.90. The average Bonchev–Trinajstić information content (AvgIpc) is 2.71. The molecule has 29 heavy (non-hydrogen) atoms. The number of alkyl halides is 3. The molecule has 0 heterocycles. The molecular weight excluding hydrogens is 377 g/mol. The molecule has 1 aliphatic rings. The number of ketones is 2. The molecule has 5 heteroatoms. The number of benzene rings is 3. The standard InChI is InChI=1S/C24H15F3O2/c1-14-10-11-18-19(12-14)22(28)23(29)21(20(18)15-6-3-2-4-7-15)16-8-5-9-17(13-16)24(25,26)27/h2-13H,1H3. The molecule has 0 aromatic heterocycles. The summed E-state index contributed by atoms with van der Waals surface area (Å²) in [5.74, 6) is -1.52. The summed E-state index contributed by atoms with van der Waals surface area (Å²) < 4.78 is 39.7. The van der Waals surface area contributed by atoms with Crippen LogP contribution in [-0.2, 0) is 11.0 Å². The van der Waals surface area contributed by atoms with Crippen molar-refractivity contribution >= 4 is 22.7 Å². The van der Waals surface area contributed by atoms with Crippen molar-refractivity contribution in [3.63, 3.8) is 0 Å². The van der Waals surface area contributed by atoms with Crippen LogP contribution in [-0.4, -0.2) is 11.6 Å².